The molecule has 5 rings (SSSR count). The largest absolute Gasteiger partial charge is 0.496 e. The van der Waals surface area contributed by atoms with Gasteiger partial charge in [0.05, 0.1) is 19.7 Å². The van der Waals surface area contributed by atoms with Crippen LogP contribution in [0.2, 0.25) is 0 Å². The van der Waals surface area contributed by atoms with Gasteiger partial charge in [-0.15, -0.1) is 0 Å². The molecule has 2 aliphatic rings. The molecule has 11 nitrogen and oxygen atoms in total. The summed E-state index contributed by atoms with van der Waals surface area (Å²) in [7, 11) is 2.92. The number of methoxy groups -OCH3 is 2. The fourth-order valence-electron chi connectivity index (χ4n) is 6.21. The van der Waals surface area contributed by atoms with Crippen molar-refractivity contribution >= 4 is 34.7 Å². The van der Waals surface area contributed by atoms with Gasteiger partial charge in [-0.05, 0) is 95.8 Å². The number of nitrogens with one attached hydrogen (secondary N) is 1. The third-order valence-corrected chi connectivity index (χ3v) is 8.54. The van der Waals surface area contributed by atoms with Crippen molar-refractivity contribution in [1.29, 1.82) is 0 Å². The smallest absolute Gasteiger partial charge is 0.419 e. The number of nitrogens with zero attached hydrogens (tertiary/aromatic N) is 3. The molecule has 1 saturated heterocycles. The molecular formula is C36H51F2N5O6. The Balaban J connectivity index is 0.000000305. The number of halogens is 2. The monoisotopic (exact) mass is 687 g/mol. The van der Waals surface area contributed by atoms with Crippen LogP contribution >= 0.6 is 0 Å². The zero-order chi connectivity index (χ0) is 36.7. The lowest BCUT2D eigenvalue weighted by Gasteiger charge is -2.51. The molecule has 1 aromatic carbocycles. The molecule has 2 aromatic heterocycles. The summed E-state index contributed by atoms with van der Waals surface area (Å²) in [6.07, 6.45) is 3.01. The van der Waals surface area contributed by atoms with Crippen molar-refractivity contribution in [3.8, 4) is 5.75 Å². The van der Waals surface area contributed by atoms with E-state index in [1.807, 2.05) is 53.7 Å². The maximum atomic E-state index is 13.4. The molecule has 0 radical (unpaired) electrons. The highest BCUT2D eigenvalue weighted by Gasteiger charge is 2.56. The average Bonchev–Trinajstić information content (AvgIpc) is 3.49. The highest BCUT2D eigenvalue weighted by Crippen LogP contribution is 2.57. The lowest BCUT2D eigenvalue weighted by molar-refractivity contribution is -0.178. The molecule has 1 aliphatic carbocycles. The number of aryl methyl sites for hydroxylation is 1. The van der Waals surface area contributed by atoms with E-state index < -0.39 is 35.5 Å². The van der Waals surface area contributed by atoms with Crippen LogP contribution in [0.25, 0.3) is 10.9 Å². The third-order valence-electron chi connectivity index (χ3n) is 8.54. The molecule has 13 heteroatoms. The number of likely N-dealkylation sites (tertiary alicyclic amines) is 1. The summed E-state index contributed by atoms with van der Waals surface area (Å²) in [5.74, 6) is -2.32. The second-order valence-electron chi connectivity index (χ2n) is 13.5. The number of anilines is 1. The minimum Gasteiger partial charge on any atom is -0.496 e. The van der Waals surface area contributed by atoms with Crippen LogP contribution in [0.3, 0.4) is 0 Å². The summed E-state index contributed by atoms with van der Waals surface area (Å²) in [4.78, 5) is 41.0. The minimum atomic E-state index is -2.47. The lowest BCUT2D eigenvalue weighted by Crippen LogP contribution is -2.52. The van der Waals surface area contributed by atoms with Gasteiger partial charge in [-0.1, -0.05) is 19.9 Å². The summed E-state index contributed by atoms with van der Waals surface area (Å²) < 4.78 is 44.2. The summed E-state index contributed by atoms with van der Waals surface area (Å²) in [5, 5.41) is 3.72. The zero-order valence-corrected chi connectivity index (χ0v) is 30.1. The number of ether oxygens (including phenoxy) is 3. The van der Waals surface area contributed by atoms with Crippen LogP contribution in [0.1, 0.15) is 88.8 Å². The molecular weight excluding hydrogens is 636 g/mol. The number of amides is 1. The van der Waals surface area contributed by atoms with Gasteiger partial charge in [0, 0.05) is 36.5 Å². The number of esters is 1. The molecule has 1 spiro atoms. The van der Waals surface area contributed by atoms with E-state index in [0.717, 1.165) is 53.7 Å². The number of pyridine rings is 1. The Bertz CT molecular complexity index is 1620. The molecule has 270 valence electrons. The first-order valence-electron chi connectivity index (χ1n) is 16.6. The summed E-state index contributed by atoms with van der Waals surface area (Å²) in [6.45, 7) is 15.3. The number of hydrogen-bond acceptors (Lipinski definition) is 9. The number of hydrogen-bond donors (Lipinski definition) is 2. The number of alkyl halides is 2. The van der Waals surface area contributed by atoms with E-state index in [2.05, 4.69) is 19.9 Å². The Morgan fingerprint density at radius 3 is 2.24 bits per heavy atom. The second kappa shape index (κ2) is 16.0. The number of primary amides is 1. The fourth-order valence-corrected chi connectivity index (χ4v) is 6.21. The van der Waals surface area contributed by atoms with Crippen LogP contribution in [-0.2, 0) is 20.8 Å². The van der Waals surface area contributed by atoms with Crippen LogP contribution in [0, 0.1) is 12.3 Å². The lowest BCUT2D eigenvalue weighted by atomic mass is 9.61. The predicted molar refractivity (Wildman–Crippen MR) is 185 cm³/mol. The summed E-state index contributed by atoms with van der Waals surface area (Å²) >= 11 is 0. The molecule has 1 atom stereocenters. The van der Waals surface area contributed by atoms with Gasteiger partial charge < -0.3 is 25.3 Å². The standard InChI is InChI=1S/C24H32F2N2O3.C10H13N3O3.C2H6/c1-16-12-19(30-5)18(13-27-10-7-23(8-11-27)14-24(25,26)15-23)17-6-9-28(20(16)17)21(29)31-22(2,3)4;1-6(9(11)14)12-8-5-3-4-7(13-8)10(15)16-2;1-2/h6,9,12H,7-8,10-11,13-15H2,1-5H3;3-6H,1-2H3,(H2,11,14)(H,12,13);1-2H3. The van der Waals surface area contributed by atoms with E-state index >= 15 is 0 Å². The molecule has 2 fully saturated rings. The number of fused-ring (bicyclic) bond motifs is 1. The molecule has 49 heavy (non-hydrogen) atoms. The van der Waals surface area contributed by atoms with Crippen molar-refractivity contribution < 1.29 is 37.4 Å². The maximum Gasteiger partial charge on any atom is 0.419 e. The van der Waals surface area contributed by atoms with E-state index in [0.29, 0.717) is 12.4 Å². The van der Waals surface area contributed by atoms with Gasteiger partial charge in [-0.3, -0.25) is 14.3 Å². The van der Waals surface area contributed by atoms with Crippen LogP contribution in [0.5, 0.6) is 5.75 Å². The van der Waals surface area contributed by atoms with Crippen molar-refractivity contribution in [2.75, 3.05) is 32.6 Å². The highest BCUT2D eigenvalue weighted by molar-refractivity contribution is 5.95. The number of benzene rings is 1. The molecule has 1 unspecified atom stereocenters. The quantitative estimate of drug-likeness (QED) is 0.253. The Morgan fingerprint density at radius 1 is 1.08 bits per heavy atom. The molecule has 0 bridgehead atoms. The van der Waals surface area contributed by atoms with Gasteiger partial charge in [-0.2, -0.15) is 0 Å². The molecule has 1 amide bonds. The average molecular weight is 688 g/mol. The number of carbonyl (C=O) groups is 3. The second-order valence-corrected chi connectivity index (χ2v) is 13.5. The first-order chi connectivity index (χ1) is 23.0. The highest BCUT2D eigenvalue weighted by atomic mass is 19.3. The molecule has 1 saturated carbocycles. The van der Waals surface area contributed by atoms with E-state index in [-0.39, 0.29) is 24.0 Å². The Kier molecular flexibility index (Phi) is 12.8. The third kappa shape index (κ3) is 9.90. The molecule has 1 aliphatic heterocycles. The first kappa shape index (κ1) is 39.2. The summed E-state index contributed by atoms with van der Waals surface area (Å²) in [5.41, 5.74) is 7.26. The maximum absolute atomic E-state index is 13.4. The van der Waals surface area contributed by atoms with Crippen molar-refractivity contribution in [2.45, 2.75) is 98.3 Å². The Morgan fingerprint density at radius 2 is 1.71 bits per heavy atom. The van der Waals surface area contributed by atoms with Crippen molar-refractivity contribution in [1.82, 2.24) is 14.5 Å². The van der Waals surface area contributed by atoms with Gasteiger partial charge in [0.15, 0.2) is 5.69 Å². The summed E-state index contributed by atoms with van der Waals surface area (Å²) in [6, 6.07) is 8.12. The minimum absolute atomic E-state index is 0.0324. The number of piperidine rings is 1. The SMILES string of the molecule is CC.COC(=O)c1cccc(NC(C)C(N)=O)n1.COc1cc(C)c2c(ccn2C(=O)OC(C)(C)C)c1CN1CCC2(CC1)CC(F)(F)C2. The van der Waals surface area contributed by atoms with Gasteiger partial charge in [-0.25, -0.2) is 23.4 Å². The number of carbonyl (C=O) groups excluding carboxylic acids is 3. The predicted octanol–water partition coefficient (Wildman–Crippen LogP) is 6.93. The fraction of sp³-hybridized carbons (Fsp3) is 0.556. The van der Waals surface area contributed by atoms with Gasteiger partial charge in [0.2, 0.25) is 11.8 Å². The van der Waals surface area contributed by atoms with E-state index in [4.69, 9.17) is 15.2 Å². The van der Waals surface area contributed by atoms with Gasteiger partial charge in [0.25, 0.3) is 0 Å². The van der Waals surface area contributed by atoms with E-state index in [1.165, 1.54) is 13.2 Å². The van der Waals surface area contributed by atoms with Crippen LogP contribution < -0.4 is 15.8 Å². The Labute approximate surface area is 287 Å². The van der Waals surface area contributed by atoms with Crippen LogP contribution in [0.4, 0.5) is 19.4 Å². The topological polar surface area (TPSA) is 138 Å². The molecule has 3 aromatic rings. The number of aromatic nitrogens is 2. The number of rotatable bonds is 7. The normalized spacial score (nSPS) is 17.0. The molecule has 3 N–H and O–H groups in total. The van der Waals surface area contributed by atoms with E-state index in [9.17, 15) is 23.2 Å². The van der Waals surface area contributed by atoms with E-state index in [1.54, 1.807) is 36.9 Å². The Hall–Kier alpha value is -4.26. The van der Waals surface area contributed by atoms with Crippen LogP contribution in [0.15, 0.2) is 36.5 Å². The van der Waals surface area contributed by atoms with Crippen LogP contribution in [-0.4, -0.2) is 77.3 Å². The van der Waals surface area contributed by atoms with Gasteiger partial charge >= 0.3 is 12.1 Å². The molecule has 3 heterocycles. The van der Waals surface area contributed by atoms with Crippen molar-refractivity contribution in [2.24, 2.45) is 11.1 Å². The van der Waals surface area contributed by atoms with Crippen molar-refractivity contribution in [3.63, 3.8) is 0 Å². The zero-order valence-electron chi connectivity index (χ0n) is 30.1. The first-order valence-corrected chi connectivity index (χ1v) is 16.6. The van der Waals surface area contributed by atoms with Crippen molar-refractivity contribution in [3.05, 3.63) is 53.3 Å². The number of nitrogens with two attached hydrogens (primary N) is 1. The van der Waals surface area contributed by atoms with Gasteiger partial charge in [0.1, 0.15) is 23.2 Å².